The van der Waals surface area contributed by atoms with Crippen LogP contribution < -0.4 is 10.1 Å². The van der Waals surface area contributed by atoms with Crippen LogP contribution in [-0.4, -0.2) is 33.6 Å². The normalized spacial score (nSPS) is 14.2. The van der Waals surface area contributed by atoms with Crippen LogP contribution in [0.3, 0.4) is 0 Å². The first-order valence-corrected chi connectivity index (χ1v) is 9.22. The number of hydrogen-bond donors (Lipinski definition) is 1. The smallest absolute Gasteiger partial charge is 0.175 e. The Bertz CT molecular complexity index is 827. The zero-order valence-corrected chi connectivity index (χ0v) is 13.6. The van der Waals surface area contributed by atoms with Gasteiger partial charge >= 0.3 is 0 Å². The Morgan fingerprint density at radius 3 is 2.61 bits per heavy atom. The van der Waals surface area contributed by atoms with E-state index in [1.807, 2.05) is 24.3 Å². The molecule has 1 aliphatic rings. The van der Waals surface area contributed by atoms with Gasteiger partial charge in [-0.1, -0.05) is 24.3 Å². The molecule has 0 unspecified atom stereocenters. The van der Waals surface area contributed by atoms with Crippen molar-refractivity contribution in [1.29, 1.82) is 0 Å². The zero-order valence-electron chi connectivity index (χ0n) is 12.8. The molecular weight excluding hydrogens is 312 g/mol. The summed E-state index contributed by atoms with van der Waals surface area (Å²) in [5.74, 6) is 1.65. The molecule has 6 heteroatoms. The zero-order chi connectivity index (χ0) is 16.3. The van der Waals surface area contributed by atoms with Gasteiger partial charge in [0.1, 0.15) is 18.2 Å². The fraction of sp³-hybridized carbons (Fsp3) is 0.235. The molecule has 1 aliphatic heterocycles. The number of sulfone groups is 1. The van der Waals surface area contributed by atoms with Crippen LogP contribution >= 0.6 is 0 Å². The lowest BCUT2D eigenvalue weighted by Crippen LogP contribution is -2.19. The molecule has 5 nitrogen and oxygen atoms in total. The minimum Gasteiger partial charge on any atom is -0.489 e. The van der Waals surface area contributed by atoms with E-state index in [-0.39, 0.29) is 0 Å². The average Bonchev–Trinajstić information content (AvgIpc) is 3.07. The molecule has 0 aromatic heterocycles. The first-order valence-electron chi connectivity index (χ1n) is 7.33. The lowest BCUT2D eigenvalue weighted by atomic mass is 10.2. The van der Waals surface area contributed by atoms with E-state index in [2.05, 4.69) is 10.3 Å². The molecule has 0 spiro atoms. The first kappa shape index (κ1) is 15.6. The van der Waals surface area contributed by atoms with Crippen LogP contribution in [0, 0.1) is 0 Å². The van der Waals surface area contributed by atoms with Gasteiger partial charge in [-0.05, 0) is 29.8 Å². The van der Waals surface area contributed by atoms with Crippen LogP contribution in [0.1, 0.15) is 11.1 Å². The molecule has 0 atom stereocenters. The van der Waals surface area contributed by atoms with E-state index in [1.54, 1.807) is 24.3 Å². The average molecular weight is 330 g/mol. The van der Waals surface area contributed by atoms with Gasteiger partial charge in [-0.25, -0.2) is 8.42 Å². The van der Waals surface area contributed by atoms with Gasteiger partial charge in [0.05, 0.1) is 11.4 Å². The van der Waals surface area contributed by atoms with Gasteiger partial charge in [0.2, 0.25) is 0 Å². The molecule has 0 bridgehead atoms. The van der Waals surface area contributed by atoms with Gasteiger partial charge in [-0.3, -0.25) is 4.99 Å². The van der Waals surface area contributed by atoms with Crippen molar-refractivity contribution < 1.29 is 13.2 Å². The van der Waals surface area contributed by atoms with Gasteiger partial charge in [0.15, 0.2) is 9.84 Å². The van der Waals surface area contributed by atoms with E-state index in [0.29, 0.717) is 11.5 Å². The molecule has 0 saturated heterocycles. The van der Waals surface area contributed by atoms with Crippen molar-refractivity contribution in [2.45, 2.75) is 11.5 Å². The number of hydrogen-bond acceptors (Lipinski definition) is 5. The maximum atomic E-state index is 11.4. The Balaban J connectivity index is 1.67. The first-order chi connectivity index (χ1) is 11.0. The fourth-order valence-corrected chi connectivity index (χ4v) is 2.95. The van der Waals surface area contributed by atoms with Crippen molar-refractivity contribution in [2.24, 2.45) is 4.99 Å². The van der Waals surface area contributed by atoms with Crippen LogP contribution in [0.4, 0.5) is 0 Å². The molecule has 0 aliphatic carbocycles. The Labute approximate surface area is 135 Å². The monoisotopic (exact) mass is 330 g/mol. The predicted molar refractivity (Wildman–Crippen MR) is 89.7 cm³/mol. The summed E-state index contributed by atoms with van der Waals surface area (Å²) in [6, 6.07) is 14.5. The maximum absolute atomic E-state index is 11.4. The molecule has 0 amide bonds. The summed E-state index contributed by atoms with van der Waals surface area (Å²) in [6.45, 7) is 2.05. The number of rotatable bonds is 5. The number of aliphatic imine (C=N–C) groups is 1. The van der Waals surface area contributed by atoms with Crippen LogP contribution in [0.2, 0.25) is 0 Å². The third kappa shape index (κ3) is 3.90. The van der Waals surface area contributed by atoms with Crippen molar-refractivity contribution >= 4 is 15.7 Å². The molecule has 1 heterocycles. The number of benzene rings is 2. The summed E-state index contributed by atoms with van der Waals surface area (Å²) in [7, 11) is -3.16. The number of nitrogens with zero attached hydrogens (tertiary/aromatic N) is 1. The van der Waals surface area contributed by atoms with Gasteiger partial charge in [-0.15, -0.1) is 0 Å². The summed E-state index contributed by atoms with van der Waals surface area (Å²) in [5, 5.41) is 3.23. The molecule has 0 saturated carbocycles. The molecule has 120 valence electrons. The molecule has 2 aromatic rings. The summed E-state index contributed by atoms with van der Waals surface area (Å²) in [4.78, 5) is 4.70. The number of ether oxygens (including phenoxy) is 1. The van der Waals surface area contributed by atoms with Gasteiger partial charge in [0.25, 0.3) is 0 Å². The van der Waals surface area contributed by atoms with E-state index in [1.165, 1.54) is 6.26 Å². The predicted octanol–water partition coefficient (Wildman–Crippen LogP) is 2.02. The maximum Gasteiger partial charge on any atom is 0.175 e. The van der Waals surface area contributed by atoms with Crippen molar-refractivity contribution in [2.75, 3.05) is 19.3 Å². The molecule has 1 N–H and O–H groups in total. The standard InChI is InChI=1S/C17H18N2O3S/c1-23(20,21)16-7-5-13(6-8-16)12-22-15-4-2-3-14(11-15)17-18-9-10-19-17/h2-8,11H,9-10,12H2,1H3,(H,18,19). The largest absolute Gasteiger partial charge is 0.489 e. The highest BCUT2D eigenvalue weighted by atomic mass is 32.2. The topological polar surface area (TPSA) is 67.8 Å². The minimum absolute atomic E-state index is 0.313. The van der Waals surface area contributed by atoms with Crippen molar-refractivity contribution in [1.82, 2.24) is 5.32 Å². The third-order valence-corrected chi connectivity index (χ3v) is 4.67. The molecular formula is C17H18N2O3S. The van der Waals surface area contributed by atoms with E-state index in [0.717, 1.165) is 35.8 Å². The molecule has 2 aromatic carbocycles. The second-order valence-electron chi connectivity index (χ2n) is 5.39. The molecule has 23 heavy (non-hydrogen) atoms. The van der Waals surface area contributed by atoms with Crippen LogP contribution in [-0.2, 0) is 16.4 Å². The van der Waals surface area contributed by atoms with Gasteiger partial charge in [0, 0.05) is 18.4 Å². The van der Waals surface area contributed by atoms with Gasteiger partial charge < -0.3 is 10.1 Å². The summed E-state index contributed by atoms with van der Waals surface area (Å²) >= 11 is 0. The van der Waals surface area contributed by atoms with Crippen molar-refractivity contribution in [3.05, 3.63) is 59.7 Å². The van der Waals surface area contributed by atoms with Crippen LogP contribution in [0.5, 0.6) is 5.75 Å². The molecule has 0 radical (unpaired) electrons. The Kier molecular flexibility index (Phi) is 4.34. The van der Waals surface area contributed by atoms with E-state index < -0.39 is 9.84 Å². The summed E-state index contributed by atoms with van der Waals surface area (Å²) < 4.78 is 28.7. The third-order valence-electron chi connectivity index (χ3n) is 3.54. The van der Waals surface area contributed by atoms with Gasteiger partial charge in [-0.2, -0.15) is 0 Å². The Morgan fingerprint density at radius 2 is 1.96 bits per heavy atom. The second kappa shape index (κ2) is 6.42. The highest BCUT2D eigenvalue weighted by Crippen LogP contribution is 2.17. The van der Waals surface area contributed by atoms with E-state index in [9.17, 15) is 8.42 Å². The Morgan fingerprint density at radius 1 is 1.17 bits per heavy atom. The highest BCUT2D eigenvalue weighted by molar-refractivity contribution is 7.90. The Hall–Kier alpha value is -2.34. The second-order valence-corrected chi connectivity index (χ2v) is 7.41. The molecule has 0 fully saturated rings. The van der Waals surface area contributed by atoms with Crippen LogP contribution in [0.15, 0.2) is 58.4 Å². The van der Waals surface area contributed by atoms with E-state index >= 15 is 0 Å². The van der Waals surface area contributed by atoms with Crippen molar-refractivity contribution in [3.63, 3.8) is 0 Å². The number of amidine groups is 1. The van der Waals surface area contributed by atoms with E-state index in [4.69, 9.17) is 4.74 Å². The van der Waals surface area contributed by atoms with Crippen LogP contribution in [0.25, 0.3) is 0 Å². The fourth-order valence-electron chi connectivity index (χ4n) is 2.32. The minimum atomic E-state index is -3.16. The van der Waals surface area contributed by atoms with Crippen molar-refractivity contribution in [3.8, 4) is 5.75 Å². The summed E-state index contributed by atoms with van der Waals surface area (Å²) in [6.07, 6.45) is 1.20. The quantitative estimate of drug-likeness (QED) is 0.911. The lowest BCUT2D eigenvalue weighted by Gasteiger charge is -2.09. The SMILES string of the molecule is CS(=O)(=O)c1ccc(COc2cccc(C3=NCCN3)c2)cc1. The highest BCUT2D eigenvalue weighted by Gasteiger charge is 2.09. The summed E-state index contributed by atoms with van der Waals surface area (Å²) in [5.41, 5.74) is 1.92. The number of nitrogens with one attached hydrogen (secondary N) is 1. The lowest BCUT2D eigenvalue weighted by molar-refractivity contribution is 0.306. The molecule has 3 rings (SSSR count).